The quantitative estimate of drug-likeness (QED) is 0.688. The molecule has 0 saturated carbocycles. The van der Waals surface area contributed by atoms with Gasteiger partial charge in [0.05, 0.1) is 0 Å². The van der Waals surface area contributed by atoms with Crippen LogP contribution in [0.15, 0.2) is 60.7 Å². The standard InChI is InChI=1S/C24H32N2O2/c1-20(19-26-16-14-25(3)15-17-26)24(28-21(2)27,23-12-8-5-9-13-23)18-22-10-6-4-7-11-22/h4-13,20H,14-19H2,1-3H3/t20-,24+/m0/s1. The third kappa shape index (κ3) is 5.00. The second-order valence-electron chi connectivity index (χ2n) is 8.02. The fourth-order valence-electron chi connectivity index (χ4n) is 4.20. The van der Waals surface area contributed by atoms with E-state index in [2.05, 4.69) is 48.0 Å². The van der Waals surface area contributed by atoms with Crippen LogP contribution >= 0.6 is 0 Å². The summed E-state index contributed by atoms with van der Waals surface area (Å²) < 4.78 is 6.18. The highest BCUT2D eigenvalue weighted by molar-refractivity contribution is 5.67. The van der Waals surface area contributed by atoms with Crippen LogP contribution in [0.2, 0.25) is 0 Å². The second kappa shape index (κ2) is 9.35. The maximum Gasteiger partial charge on any atom is 0.303 e. The molecule has 1 heterocycles. The van der Waals surface area contributed by atoms with Gasteiger partial charge in [0, 0.05) is 52.0 Å². The zero-order chi connectivity index (χ0) is 20.0. The first kappa shape index (κ1) is 20.6. The lowest BCUT2D eigenvalue weighted by molar-refractivity contribution is -0.166. The first-order chi connectivity index (χ1) is 13.5. The summed E-state index contributed by atoms with van der Waals surface area (Å²) in [7, 11) is 2.17. The summed E-state index contributed by atoms with van der Waals surface area (Å²) in [5.74, 6) is -0.0765. The lowest BCUT2D eigenvalue weighted by atomic mass is 9.77. The lowest BCUT2D eigenvalue weighted by Crippen LogP contribution is -2.50. The van der Waals surface area contributed by atoms with E-state index < -0.39 is 5.60 Å². The van der Waals surface area contributed by atoms with Crippen molar-refractivity contribution < 1.29 is 9.53 Å². The van der Waals surface area contributed by atoms with Gasteiger partial charge in [0.25, 0.3) is 0 Å². The fourth-order valence-corrected chi connectivity index (χ4v) is 4.20. The van der Waals surface area contributed by atoms with Crippen molar-refractivity contribution in [1.29, 1.82) is 0 Å². The molecule has 0 aromatic heterocycles. The van der Waals surface area contributed by atoms with E-state index in [1.807, 2.05) is 36.4 Å². The molecule has 4 nitrogen and oxygen atoms in total. The Morgan fingerprint density at radius 1 is 1.00 bits per heavy atom. The first-order valence-electron chi connectivity index (χ1n) is 10.2. The van der Waals surface area contributed by atoms with Crippen LogP contribution in [0.5, 0.6) is 0 Å². The van der Waals surface area contributed by atoms with Gasteiger partial charge in [0.15, 0.2) is 0 Å². The minimum absolute atomic E-state index is 0.155. The highest BCUT2D eigenvalue weighted by Crippen LogP contribution is 2.38. The number of carbonyl (C=O) groups is 1. The predicted molar refractivity (Wildman–Crippen MR) is 113 cm³/mol. The molecule has 1 fully saturated rings. The Balaban J connectivity index is 1.94. The molecule has 0 N–H and O–H groups in total. The van der Waals surface area contributed by atoms with Gasteiger partial charge in [0.1, 0.15) is 5.60 Å². The molecule has 1 aliphatic rings. The van der Waals surface area contributed by atoms with Gasteiger partial charge in [0.2, 0.25) is 0 Å². The topological polar surface area (TPSA) is 32.8 Å². The third-order valence-corrected chi connectivity index (χ3v) is 5.82. The Kier molecular flexibility index (Phi) is 6.87. The Hall–Kier alpha value is -2.17. The van der Waals surface area contributed by atoms with Crippen molar-refractivity contribution in [3.8, 4) is 0 Å². The van der Waals surface area contributed by atoms with Crippen molar-refractivity contribution in [2.75, 3.05) is 39.8 Å². The minimum atomic E-state index is -0.683. The Morgan fingerprint density at radius 2 is 1.57 bits per heavy atom. The Bertz CT molecular complexity index is 742. The number of rotatable bonds is 7. The van der Waals surface area contributed by atoms with E-state index in [0.29, 0.717) is 6.42 Å². The molecule has 1 aliphatic heterocycles. The highest BCUT2D eigenvalue weighted by Gasteiger charge is 2.42. The number of ether oxygens (including phenoxy) is 1. The number of esters is 1. The average molecular weight is 381 g/mol. The van der Waals surface area contributed by atoms with Crippen LogP contribution in [-0.4, -0.2) is 55.5 Å². The predicted octanol–water partition coefficient (Wildman–Crippen LogP) is 3.57. The molecule has 150 valence electrons. The lowest BCUT2D eigenvalue weighted by Gasteiger charge is -2.42. The molecule has 2 aromatic carbocycles. The molecule has 28 heavy (non-hydrogen) atoms. The molecule has 1 saturated heterocycles. The van der Waals surface area contributed by atoms with Gasteiger partial charge < -0.3 is 14.5 Å². The Labute approximate surface area is 169 Å². The molecule has 2 atom stereocenters. The maximum atomic E-state index is 12.2. The monoisotopic (exact) mass is 380 g/mol. The Morgan fingerprint density at radius 3 is 2.14 bits per heavy atom. The zero-order valence-electron chi connectivity index (χ0n) is 17.3. The van der Waals surface area contributed by atoms with Gasteiger partial charge >= 0.3 is 5.97 Å². The molecule has 2 aromatic rings. The number of benzene rings is 2. The average Bonchev–Trinajstić information content (AvgIpc) is 2.70. The van der Waals surface area contributed by atoms with E-state index in [1.165, 1.54) is 12.5 Å². The zero-order valence-corrected chi connectivity index (χ0v) is 17.3. The van der Waals surface area contributed by atoms with Crippen molar-refractivity contribution in [3.05, 3.63) is 71.8 Å². The first-order valence-corrected chi connectivity index (χ1v) is 10.2. The van der Waals surface area contributed by atoms with Crippen molar-refractivity contribution in [3.63, 3.8) is 0 Å². The van der Waals surface area contributed by atoms with Gasteiger partial charge in [-0.15, -0.1) is 0 Å². The normalized spacial score (nSPS) is 19.0. The van der Waals surface area contributed by atoms with E-state index >= 15 is 0 Å². The van der Waals surface area contributed by atoms with Gasteiger partial charge in [-0.25, -0.2) is 0 Å². The van der Waals surface area contributed by atoms with E-state index in [1.54, 1.807) is 0 Å². The van der Waals surface area contributed by atoms with E-state index in [0.717, 1.165) is 38.3 Å². The van der Waals surface area contributed by atoms with E-state index in [4.69, 9.17) is 4.74 Å². The number of piperazine rings is 1. The number of likely N-dealkylation sites (N-methyl/N-ethyl adjacent to an activating group) is 1. The van der Waals surface area contributed by atoms with Crippen molar-refractivity contribution in [2.45, 2.75) is 25.9 Å². The summed E-state index contributed by atoms with van der Waals surface area (Å²) in [6.07, 6.45) is 0.673. The van der Waals surface area contributed by atoms with Crippen LogP contribution < -0.4 is 0 Å². The van der Waals surface area contributed by atoms with E-state index in [9.17, 15) is 4.79 Å². The van der Waals surface area contributed by atoms with Gasteiger partial charge in [-0.05, 0) is 18.2 Å². The molecule has 4 heteroatoms. The molecular formula is C24H32N2O2. The number of carbonyl (C=O) groups excluding carboxylic acids is 1. The molecule has 0 radical (unpaired) electrons. The summed E-state index contributed by atoms with van der Waals surface area (Å²) in [6.45, 7) is 8.91. The van der Waals surface area contributed by atoms with Crippen molar-refractivity contribution in [1.82, 2.24) is 9.80 Å². The van der Waals surface area contributed by atoms with Crippen LogP contribution in [0.1, 0.15) is 25.0 Å². The second-order valence-corrected chi connectivity index (χ2v) is 8.02. The molecule has 3 rings (SSSR count). The fraction of sp³-hybridized carbons (Fsp3) is 0.458. The summed E-state index contributed by atoms with van der Waals surface area (Å²) in [6, 6.07) is 20.6. The van der Waals surface area contributed by atoms with Crippen LogP contribution in [0, 0.1) is 5.92 Å². The van der Waals surface area contributed by atoms with Gasteiger partial charge in [-0.1, -0.05) is 67.6 Å². The largest absolute Gasteiger partial charge is 0.454 e. The molecular weight excluding hydrogens is 348 g/mol. The van der Waals surface area contributed by atoms with Crippen molar-refractivity contribution >= 4 is 5.97 Å². The van der Waals surface area contributed by atoms with Crippen LogP contribution in [0.25, 0.3) is 0 Å². The number of nitrogens with zero attached hydrogens (tertiary/aromatic N) is 2. The molecule has 0 aliphatic carbocycles. The van der Waals surface area contributed by atoms with Crippen LogP contribution in [0.3, 0.4) is 0 Å². The summed E-state index contributed by atoms with van der Waals surface area (Å²) >= 11 is 0. The molecule has 0 bridgehead atoms. The molecule has 0 unspecified atom stereocenters. The van der Waals surface area contributed by atoms with Crippen LogP contribution in [-0.2, 0) is 21.6 Å². The van der Waals surface area contributed by atoms with E-state index in [-0.39, 0.29) is 11.9 Å². The maximum absolute atomic E-state index is 12.2. The summed E-state index contributed by atoms with van der Waals surface area (Å²) in [4.78, 5) is 17.1. The summed E-state index contributed by atoms with van der Waals surface area (Å²) in [5, 5.41) is 0. The van der Waals surface area contributed by atoms with Gasteiger partial charge in [-0.3, -0.25) is 4.79 Å². The third-order valence-electron chi connectivity index (χ3n) is 5.82. The van der Waals surface area contributed by atoms with Crippen LogP contribution in [0.4, 0.5) is 0 Å². The molecule has 0 spiro atoms. The van der Waals surface area contributed by atoms with Gasteiger partial charge in [-0.2, -0.15) is 0 Å². The smallest absolute Gasteiger partial charge is 0.303 e. The summed E-state index contributed by atoms with van der Waals surface area (Å²) in [5.41, 5.74) is 1.56. The minimum Gasteiger partial charge on any atom is -0.454 e. The SMILES string of the molecule is CC(=O)O[C@@](Cc1ccccc1)(c1ccccc1)[C@@H](C)CN1CCN(C)CC1. The number of hydrogen-bond acceptors (Lipinski definition) is 4. The van der Waals surface area contributed by atoms with Crippen molar-refractivity contribution in [2.24, 2.45) is 5.92 Å². The number of hydrogen-bond donors (Lipinski definition) is 0. The highest BCUT2D eigenvalue weighted by atomic mass is 16.6. The molecule has 0 amide bonds.